The van der Waals surface area contributed by atoms with Gasteiger partial charge in [0.05, 0.1) is 16.8 Å². The quantitative estimate of drug-likeness (QED) is 0.492. The van der Waals surface area contributed by atoms with Crippen LogP contribution in [0.2, 0.25) is 5.02 Å². The van der Waals surface area contributed by atoms with Crippen LogP contribution >= 0.6 is 11.6 Å². The first-order valence-corrected chi connectivity index (χ1v) is 9.18. The molecule has 2 N–H and O–H groups in total. The number of aromatic nitrogens is 1. The molecular weight excluding hydrogens is 411 g/mol. The summed E-state index contributed by atoms with van der Waals surface area (Å²) in [5.74, 6) is -1.58. The first-order chi connectivity index (χ1) is 14.0. The fraction of sp³-hybridized carbons (Fsp3) is 0. The number of amides is 1. The van der Waals surface area contributed by atoms with Crippen molar-refractivity contribution in [2.75, 3.05) is 5.32 Å². The van der Waals surface area contributed by atoms with Crippen LogP contribution in [0, 0.1) is 0 Å². The molecule has 144 valence electrons. The van der Waals surface area contributed by atoms with E-state index < -0.39 is 11.9 Å². The Bertz CT molecular complexity index is 1270. The monoisotopic (exact) mass is 426 g/mol. The number of para-hydroxylation sites is 1. The van der Waals surface area contributed by atoms with E-state index in [1.807, 2.05) is 36.4 Å². The van der Waals surface area contributed by atoms with Crippen LogP contribution < -0.4 is 34.9 Å². The zero-order valence-electron chi connectivity index (χ0n) is 17.1. The van der Waals surface area contributed by atoms with Crippen LogP contribution in [0.25, 0.3) is 22.0 Å². The predicted molar refractivity (Wildman–Crippen MR) is 115 cm³/mol. The van der Waals surface area contributed by atoms with Gasteiger partial charge in [-0.15, -0.1) is 0 Å². The van der Waals surface area contributed by atoms with Crippen LogP contribution in [-0.4, -0.2) is 22.0 Å². The van der Waals surface area contributed by atoms with E-state index in [-0.39, 0.29) is 47.3 Å². The molecule has 30 heavy (non-hydrogen) atoms. The molecule has 1 aromatic heterocycles. The summed E-state index contributed by atoms with van der Waals surface area (Å²) >= 11 is 5.86. The second-order valence-corrected chi connectivity index (χ2v) is 6.88. The van der Waals surface area contributed by atoms with Crippen molar-refractivity contribution in [3.8, 4) is 11.1 Å². The normalized spacial score (nSPS) is 10.3. The predicted octanol–water partition coefficient (Wildman–Crippen LogP) is 2.62. The number of carboxylic acid groups (broad SMARTS) is 1. The number of nitrogens with zero attached hydrogens (tertiary/aromatic N) is 1. The van der Waals surface area contributed by atoms with Crippen LogP contribution in [0.1, 0.15) is 22.1 Å². The molecule has 0 saturated heterocycles. The number of anilines is 1. The standard InChI is InChI=1S/C23H15ClN2O3.Na.H/c24-18-8-9-21(19(12-18)23(28)29)26-22(27)16-6-3-5-14(10-16)17-11-15-4-1-2-7-20(15)25-13-17;;/h1-13H,(H,26,27)(H,28,29);;/q;+1;-1. The van der Waals surface area contributed by atoms with Crippen LogP contribution in [-0.2, 0) is 0 Å². The van der Waals surface area contributed by atoms with Crippen molar-refractivity contribution in [3.05, 3.63) is 95.1 Å². The van der Waals surface area contributed by atoms with E-state index in [0.29, 0.717) is 5.56 Å². The van der Waals surface area contributed by atoms with Crippen molar-refractivity contribution in [2.24, 2.45) is 0 Å². The number of hydrogen-bond acceptors (Lipinski definition) is 3. The maximum atomic E-state index is 12.7. The van der Waals surface area contributed by atoms with Crippen LogP contribution in [0.5, 0.6) is 0 Å². The number of aromatic carboxylic acids is 1. The minimum atomic E-state index is -1.17. The van der Waals surface area contributed by atoms with Gasteiger partial charge in [-0.05, 0) is 48.0 Å². The summed E-state index contributed by atoms with van der Waals surface area (Å²) < 4.78 is 0. The molecule has 0 radical (unpaired) electrons. The van der Waals surface area contributed by atoms with Crippen molar-refractivity contribution in [2.45, 2.75) is 0 Å². The van der Waals surface area contributed by atoms with E-state index in [2.05, 4.69) is 10.3 Å². The van der Waals surface area contributed by atoms with Gasteiger partial charge < -0.3 is 11.8 Å². The van der Waals surface area contributed by atoms with E-state index in [1.54, 1.807) is 24.4 Å². The first-order valence-electron chi connectivity index (χ1n) is 8.81. The summed E-state index contributed by atoms with van der Waals surface area (Å²) in [5.41, 5.74) is 3.14. The van der Waals surface area contributed by atoms with Gasteiger partial charge in [-0.1, -0.05) is 41.9 Å². The molecule has 0 bridgehead atoms. The molecule has 3 aromatic carbocycles. The number of benzene rings is 3. The van der Waals surface area contributed by atoms with Gasteiger partial charge >= 0.3 is 35.5 Å². The maximum absolute atomic E-state index is 12.7. The molecule has 7 heteroatoms. The Morgan fingerprint density at radius 1 is 0.933 bits per heavy atom. The number of halogens is 1. The van der Waals surface area contributed by atoms with Gasteiger partial charge in [0, 0.05) is 27.7 Å². The zero-order chi connectivity index (χ0) is 20.4. The third kappa shape index (κ3) is 4.71. The number of carboxylic acids is 1. The van der Waals surface area contributed by atoms with Gasteiger partial charge in [0.2, 0.25) is 0 Å². The van der Waals surface area contributed by atoms with Gasteiger partial charge in [-0.2, -0.15) is 0 Å². The van der Waals surface area contributed by atoms with Crippen molar-refractivity contribution in [3.63, 3.8) is 0 Å². The van der Waals surface area contributed by atoms with Crippen molar-refractivity contribution in [1.29, 1.82) is 0 Å². The Kier molecular flexibility index (Phi) is 6.90. The van der Waals surface area contributed by atoms with Crippen molar-refractivity contribution < 1.29 is 45.7 Å². The SMILES string of the molecule is O=C(Nc1ccc(Cl)cc1C(=O)O)c1cccc(-c2cnc3ccccc3c2)c1.[H-].[Na+]. The van der Waals surface area contributed by atoms with Crippen molar-refractivity contribution >= 4 is 40.1 Å². The van der Waals surface area contributed by atoms with Crippen molar-refractivity contribution in [1.82, 2.24) is 4.98 Å². The number of fused-ring (bicyclic) bond motifs is 1. The molecule has 1 heterocycles. The van der Waals surface area contributed by atoms with Gasteiger partial charge in [0.15, 0.2) is 0 Å². The van der Waals surface area contributed by atoms with Gasteiger partial charge in [0.1, 0.15) is 0 Å². The molecule has 0 aliphatic heterocycles. The number of pyridine rings is 1. The summed E-state index contributed by atoms with van der Waals surface area (Å²) in [5, 5.41) is 13.3. The van der Waals surface area contributed by atoms with E-state index >= 15 is 0 Å². The molecule has 0 aliphatic rings. The Morgan fingerprint density at radius 2 is 1.73 bits per heavy atom. The molecule has 1 amide bonds. The Labute approximate surface area is 201 Å². The number of hydrogen-bond donors (Lipinski definition) is 2. The van der Waals surface area contributed by atoms with Crippen LogP contribution in [0.4, 0.5) is 5.69 Å². The Hall–Kier alpha value is -2.70. The molecule has 0 fully saturated rings. The maximum Gasteiger partial charge on any atom is 1.00 e. The van der Waals surface area contributed by atoms with E-state index in [9.17, 15) is 14.7 Å². The molecular formula is C23H16ClN2NaO3. The number of carbonyl (C=O) groups is 2. The summed E-state index contributed by atoms with van der Waals surface area (Å²) in [4.78, 5) is 28.6. The van der Waals surface area contributed by atoms with Crippen LogP contribution in [0.3, 0.4) is 0 Å². The topological polar surface area (TPSA) is 79.3 Å². The summed E-state index contributed by atoms with van der Waals surface area (Å²) in [6.45, 7) is 0. The first kappa shape index (κ1) is 22.0. The summed E-state index contributed by atoms with van der Waals surface area (Å²) in [6.07, 6.45) is 1.76. The fourth-order valence-corrected chi connectivity index (χ4v) is 3.24. The summed E-state index contributed by atoms with van der Waals surface area (Å²) in [6, 6.07) is 21.2. The molecule has 0 atom stereocenters. The summed E-state index contributed by atoms with van der Waals surface area (Å²) in [7, 11) is 0. The molecule has 4 aromatic rings. The molecule has 0 aliphatic carbocycles. The minimum absolute atomic E-state index is 0. The van der Waals surface area contributed by atoms with Gasteiger partial charge in [-0.3, -0.25) is 9.78 Å². The molecule has 5 nitrogen and oxygen atoms in total. The zero-order valence-corrected chi connectivity index (χ0v) is 18.9. The van der Waals surface area contributed by atoms with E-state index in [4.69, 9.17) is 11.6 Å². The van der Waals surface area contributed by atoms with Crippen LogP contribution in [0.15, 0.2) is 79.0 Å². The molecule has 0 saturated carbocycles. The largest absolute Gasteiger partial charge is 1.00 e. The fourth-order valence-electron chi connectivity index (χ4n) is 3.07. The Morgan fingerprint density at radius 3 is 2.53 bits per heavy atom. The molecule has 0 unspecified atom stereocenters. The second-order valence-electron chi connectivity index (χ2n) is 6.45. The number of carbonyl (C=O) groups excluding carboxylic acids is 1. The average molecular weight is 427 g/mol. The third-order valence-electron chi connectivity index (χ3n) is 4.51. The van der Waals surface area contributed by atoms with Gasteiger partial charge in [-0.25, -0.2) is 4.79 Å². The smallest absolute Gasteiger partial charge is 1.00 e. The Balaban J connectivity index is 0.00000171. The molecule has 0 spiro atoms. The minimum Gasteiger partial charge on any atom is -1.00 e. The number of rotatable bonds is 4. The van der Waals surface area contributed by atoms with E-state index in [0.717, 1.165) is 22.0 Å². The average Bonchev–Trinajstić information content (AvgIpc) is 2.74. The van der Waals surface area contributed by atoms with Gasteiger partial charge in [0.25, 0.3) is 5.91 Å². The molecule has 4 rings (SSSR count). The second kappa shape index (κ2) is 9.41. The number of nitrogens with one attached hydrogen (secondary N) is 1. The van der Waals surface area contributed by atoms with E-state index in [1.165, 1.54) is 18.2 Å². The third-order valence-corrected chi connectivity index (χ3v) is 4.74.